The van der Waals surface area contributed by atoms with Gasteiger partial charge in [0, 0.05) is 13.0 Å². The third kappa shape index (κ3) is 3.60. The van der Waals surface area contributed by atoms with Crippen molar-refractivity contribution in [3.8, 4) is 0 Å². The lowest BCUT2D eigenvalue weighted by Crippen LogP contribution is -2.45. The smallest absolute Gasteiger partial charge is 0.342 e. The zero-order valence-electron chi connectivity index (χ0n) is 18.5. The van der Waals surface area contributed by atoms with Crippen LogP contribution in [0.15, 0.2) is 24.3 Å². The standard InChI is InChI=1S/C26H36O4/c1-17-15-18-7-3-4-8-20(18)21-12-13-26(2)19(10-11-22(26)25(17)21)16-23(27)29-30-24-9-5-6-14-28-24/h3-4,7-8,17,19,21-22,24-25H,5-6,9-16H2,1-2H3/t17-,19-,21-,22+,24?,25-,26-/m1/s1. The number of fused-ring (bicyclic) bond motifs is 5. The first-order chi connectivity index (χ1) is 14.6. The van der Waals surface area contributed by atoms with Crippen molar-refractivity contribution in [2.24, 2.45) is 29.1 Å². The topological polar surface area (TPSA) is 44.8 Å². The van der Waals surface area contributed by atoms with E-state index in [4.69, 9.17) is 14.5 Å². The normalized spacial score (nSPS) is 40.2. The molecule has 0 spiro atoms. The summed E-state index contributed by atoms with van der Waals surface area (Å²) < 4.78 is 5.50. The van der Waals surface area contributed by atoms with Crippen LogP contribution in [0.25, 0.3) is 0 Å². The van der Waals surface area contributed by atoms with Crippen molar-refractivity contribution in [1.82, 2.24) is 0 Å². The summed E-state index contributed by atoms with van der Waals surface area (Å²) in [5, 5.41) is 0. The van der Waals surface area contributed by atoms with E-state index in [-0.39, 0.29) is 17.7 Å². The molecule has 0 aromatic heterocycles. The van der Waals surface area contributed by atoms with E-state index in [0.717, 1.165) is 31.6 Å². The summed E-state index contributed by atoms with van der Waals surface area (Å²) in [5.74, 6) is 3.04. The third-order valence-electron chi connectivity index (χ3n) is 8.98. The lowest BCUT2D eigenvalue weighted by atomic mass is 9.51. The third-order valence-corrected chi connectivity index (χ3v) is 8.98. The first-order valence-electron chi connectivity index (χ1n) is 12.1. The Balaban J connectivity index is 1.25. The van der Waals surface area contributed by atoms with Crippen molar-refractivity contribution in [3.05, 3.63) is 35.4 Å². The van der Waals surface area contributed by atoms with Gasteiger partial charge in [0.05, 0.1) is 6.42 Å². The minimum absolute atomic E-state index is 0.222. The highest BCUT2D eigenvalue weighted by Crippen LogP contribution is 2.64. The van der Waals surface area contributed by atoms with E-state index in [1.807, 2.05) is 0 Å². The van der Waals surface area contributed by atoms with Gasteiger partial charge in [-0.2, -0.15) is 4.89 Å². The molecule has 1 aromatic carbocycles. The van der Waals surface area contributed by atoms with Crippen LogP contribution in [0.1, 0.15) is 82.3 Å². The zero-order valence-corrected chi connectivity index (χ0v) is 18.5. The van der Waals surface area contributed by atoms with Crippen LogP contribution in [0.5, 0.6) is 0 Å². The Morgan fingerprint density at radius 3 is 2.87 bits per heavy atom. The largest absolute Gasteiger partial charge is 0.349 e. The Morgan fingerprint density at radius 1 is 1.17 bits per heavy atom. The molecule has 0 N–H and O–H groups in total. The van der Waals surface area contributed by atoms with E-state index in [9.17, 15) is 4.79 Å². The van der Waals surface area contributed by atoms with Crippen LogP contribution < -0.4 is 0 Å². The van der Waals surface area contributed by atoms with Crippen LogP contribution in [0.3, 0.4) is 0 Å². The van der Waals surface area contributed by atoms with Gasteiger partial charge in [-0.25, -0.2) is 4.79 Å². The van der Waals surface area contributed by atoms with Crippen molar-refractivity contribution in [2.45, 2.75) is 83.8 Å². The van der Waals surface area contributed by atoms with Crippen molar-refractivity contribution >= 4 is 5.97 Å². The molecule has 3 aliphatic carbocycles. The van der Waals surface area contributed by atoms with Gasteiger partial charge in [0.2, 0.25) is 6.29 Å². The van der Waals surface area contributed by atoms with Gasteiger partial charge in [0.1, 0.15) is 0 Å². The summed E-state index contributed by atoms with van der Waals surface area (Å²) in [6.07, 6.45) is 9.06. The predicted molar refractivity (Wildman–Crippen MR) is 114 cm³/mol. The Morgan fingerprint density at radius 2 is 2.03 bits per heavy atom. The molecule has 164 valence electrons. The fourth-order valence-corrected chi connectivity index (χ4v) is 7.49. The molecule has 4 nitrogen and oxygen atoms in total. The molecule has 5 rings (SSSR count). The van der Waals surface area contributed by atoms with Gasteiger partial charge in [-0.15, -0.1) is 0 Å². The first kappa shape index (κ1) is 20.5. The van der Waals surface area contributed by atoms with Gasteiger partial charge in [0.25, 0.3) is 0 Å². The second-order valence-corrected chi connectivity index (χ2v) is 10.5. The molecule has 2 saturated carbocycles. The quantitative estimate of drug-likeness (QED) is 0.463. The van der Waals surface area contributed by atoms with Gasteiger partial charge < -0.3 is 4.74 Å². The van der Waals surface area contributed by atoms with Crippen LogP contribution in [-0.2, 0) is 25.7 Å². The number of hydrogen-bond donors (Lipinski definition) is 0. The number of benzene rings is 1. The van der Waals surface area contributed by atoms with E-state index in [0.29, 0.717) is 36.7 Å². The molecular formula is C26H36O4. The Hall–Kier alpha value is -1.39. The number of hydrogen-bond acceptors (Lipinski definition) is 4. The predicted octanol–water partition coefficient (Wildman–Crippen LogP) is 5.80. The van der Waals surface area contributed by atoms with Crippen LogP contribution in [0, 0.1) is 29.1 Å². The van der Waals surface area contributed by atoms with Crippen LogP contribution in [0.4, 0.5) is 0 Å². The minimum atomic E-state index is -0.381. The molecule has 0 radical (unpaired) electrons. The van der Waals surface area contributed by atoms with Crippen molar-refractivity contribution in [3.63, 3.8) is 0 Å². The Bertz CT molecular complexity index is 770. The Labute approximate surface area is 180 Å². The molecule has 1 aromatic rings. The molecule has 0 bridgehead atoms. The average Bonchev–Trinajstić information content (AvgIpc) is 3.09. The number of rotatable bonds is 4. The molecule has 0 amide bonds. The lowest BCUT2D eigenvalue weighted by Gasteiger charge is -2.53. The number of carbonyl (C=O) groups excluding carboxylic acids is 1. The molecule has 1 heterocycles. The van der Waals surface area contributed by atoms with Gasteiger partial charge in [-0.05, 0) is 91.1 Å². The number of ether oxygens (including phenoxy) is 1. The molecule has 1 aliphatic heterocycles. The van der Waals surface area contributed by atoms with Crippen LogP contribution in [0.2, 0.25) is 0 Å². The maximum absolute atomic E-state index is 12.6. The summed E-state index contributed by atoms with van der Waals surface area (Å²) >= 11 is 0. The van der Waals surface area contributed by atoms with Gasteiger partial charge >= 0.3 is 5.97 Å². The van der Waals surface area contributed by atoms with E-state index in [2.05, 4.69) is 38.1 Å². The first-order valence-corrected chi connectivity index (χ1v) is 12.1. The van der Waals surface area contributed by atoms with Gasteiger partial charge in [-0.3, -0.25) is 4.89 Å². The van der Waals surface area contributed by atoms with E-state index < -0.39 is 0 Å². The van der Waals surface area contributed by atoms with Crippen LogP contribution in [-0.4, -0.2) is 18.9 Å². The molecule has 1 saturated heterocycles. The van der Waals surface area contributed by atoms with E-state index >= 15 is 0 Å². The van der Waals surface area contributed by atoms with Crippen molar-refractivity contribution in [2.75, 3.05) is 6.61 Å². The van der Waals surface area contributed by atoms with Gasteiger partial charge in [0.15, 0.2) is 0 Å². The maximum atomic E-state index is 12.6. The molecule has 30 heavy (non-hydrogen) atoms. The highest BCUT2D eigenvalue weighted by atomic mass is 17.2. The average molecular weight is 413 g/mol. The fourth-order valence-electron chi connectivity index (χ4n) is 7.49. The molecule has 4 aliphatic rings. The summed E-state index contributed by atoms with van der Waals surface area (Å²) in [6, 6.07) is 9.11. The SMILES string of the molecule is C[C@@H]1Cc2ccccc2[C@H]2CC[C@]3(C)[C@@H](CC(=O)OOC4CCCCO4)CC[C@H]3[C@H]12. The van der Waals surface area contributed by atoms with Crippen molar-refractivity contribution < 1.29 is 19.3 Å². The zero-order chi connectivity index (χ0) is 20.7. The maximum Gasteiger partial charge on any atom is 0.342 e. The van der Waals surface area contributed by atoms with Gasteiger partial charge in [-0.1, -0.05) is 38.1 Å². The second kappa shape index (κ2) is 8.27. The lowest BCUT2D eigenvalue weighted by molar-refractivity contribution is -0.358. The molecule has 4 heteroatoms. The van der Waals surface area contributed by atoms with E-state index in [1.165, 1.54) is 25.7 Å². The summed E-state index contributed by atoms with van der Waals surface area (Å²) in [4.78, 5) is 23.0. The highest BCUT2D eigenvalue weighted by Gasteiger charge is 2.56. The molecular weight excluding hydrogens is 376 g/mol. The monoisotopic (exact) mass is 412 g/mol. The van der Waals surface area contributed by atoms with E-state index in [1.54, 1.807) is 11.1 Å². The summed E-state index contributed by atoms with van der Waals surface area (Å²) in [5.41, 5.74) is 3.41. The second-order valence-electron chi connectivity index (χ2n) is 10.5. The molecule has 7 atom stereocenters. The minimum Gasteiger partial charge on any atom is -0.349 e. The Kier molecular flexibility index (Phi) is 5.66. The fraction of sp³-hybridized carbons (Fsp3) is 0.731. The van der Waals surface area contributed by atoms with Crippen molar-refractivity contribution in [1.29, 1.82) is 0 Å². The number of carbonyl (C=O) groups is 1. The van der Waals surface area contributed by atoms with Crippen LogP contribution >= 0.6 is 0 Å². The highest BCUT2D eigenvalue weighted by molar-refractivity contribution is 5.69. The summed E-state index contributed by atoms with van der Waals surface area (Å²) in [7, 11) is 0. The molecule has 1 unspecified atom stereocenters. The summed E-state index contributed by atoms with van der Waals surface area (Å²) in [6.45, 7) is 5.60. The molecule has 3 fully saturated rings.